The quantitative estimate of drug-likeness (QED) is 0.633. The lowest BCUT2D eigenvalue weighted by atomic mass is 10.0. The number of carbonyl (C=O) groups is 2. The molecule has 0 fully saturated rings. The maximum Gasteiger partial charge on any atom is 0.313 e. The monoisotopic (exact) mass is 262 g/mol. The second-order valence-corrected chi connectivity index (χ2v) is 4.84. The summed E-state index contributed by atoms with van der Waals surface area (Å²) < 4.78 is 0. The van der Waals surface area contributed by atoms with Crippen molar-refractivity contribution < 1.29 is 9.59 Å². The van der Waals surface area contributed by atoms with Gasteiger partial charge in [0.1, 0.15) is 0 Å². The van der Waals surface area contributed by atoms with Crippen LogP contribution in [-0.2, 0) is 9.59 Å². The number of benzene rings is 1. The van der Waals surface area contributed by atoms with Crippen molar-refractivity contribution in [1.82, 2.24) is 5.32 Å². The summed E-state index contributed by atoms with van der Waals surface area (Å²) in [7, 11) is 0. The SMILES string of the molecule is CCCCNC(=O)C(=O)Nc1ccc(C(C)C)cc1. The van der Waals surface area contributed by atoms with E-state index in [0.717, 1.165) is 12.8 Å². The highest BCUT2D eigenvalue weighted by Crippen LogP contribution is 2.16. The maximum absolute atomic E-state index is 11.6. The van der Waals surface area contributed by atoms with Gasteiger partial charge in [-0.15, -0.1) is 0 Å². The van der Waals surface area contributed by atoms with Crippen LogP contribution in [0.2, 0.25) is 0 Å². The Morgan fingerprint density at radius 1 is 1.11 bits per heavy atom. The Bertz CT molecular complexity index is 424. The van der Waals surface area contributed by atoms with Crippen LogP contribution in [0.4, 0.5) is 5.69 Å². The summed E-state index contributed by atoms with van der Waals surface area (Å²) in [5.41, 5.74) is 1.84. The van der Waals surface area contributed by atoms with E-state index in [4.69, 9.17) is 0 Å². The summed E-state index contributed by atoms with van der Waals surface area (Å²) >= 11 is 0. The normalized spacial score (nSPS) is 10.3. The Balaban J connectivity index is 2.49. The summed E-state index contributed by atoms with van der Waals surface area (Å²) in [5.74, 6) is -0.753. The minimum Gasteiger partial charge on any atom is -0.348 e. The highest BCUT2D eigenvalue weighted by Gasteiger charge is 2.12. The van der Waals surface area contributed by atoms with Crippen LogP contribution in [0.25, 0.3) is 0 Å². The number of amides is 2. The van der Waals surface area contributed by atoms with E-state index in [9.17, 15) is 9.59 Å². The molecule has 0 aliphatic carbocycles. The van der Waals surface area contributed by atoms with Crippen molar-refractivity contribution in [3.8, 4) is 0 Å². The fourth-order valence-corrected chi connectivity index (χ4v) is 1.60. The lowest BCUT2D eigenvalue weighted by Crippen LogP contribution is -2.35. The molecule has 0 saturated heterocycles. The van der Waals surface area contributed by atoms with Gasteiger partial charge in [-0.25, -0.2) is 0 Å². The number of hydrogen-bond acceptors (Lipinski definition) is 2. The molecule has 4 nitrogen and oxygen atoms in total. The van der Waals surface area contributed by atoms with Crippen LogP contribution >= 0.6 is 0 Å². The van der Waals surface area contributed by atoms with Gasteiger partial charge in [0.05, 0.1) is 0 Å². The van der Waals surface area contributed by atoms with Crippen LogP contribution < -0.4 is 10.6 Å². The first-order valence-corrected chi connectivity index (χ1v) is 6.73. The summed E-state index contributed by atoms with van der Waals surface area (Å²) in [5, 5.41) is 5.17. The number of rotatable bonds is 5. The van der Waals surface area contributed by atoms with E-state index >= 15 is 0 Å². The van der Waals surface area contributed by atoms with Crippen molar-refractivity contribution in [3.63, 3.8) is 0 Å². The zero-order chi connectivity index (χ0) is 14.3. The van der Waals surface area contributed by atoms with Gasteiger partial charge in [-0.3, -0.25) is 9.59 Å². The lowest BCUT2D eigenvalue weighted by Gasteiger charge is -2.08. The van der Waals surface area contributed by atoms with Crippen LogP contribution in [0.15, 0.2) is 24.3 Å². The summed E-state index contributed by atoms with van der Waals surface area (Å²) in [6, 6.07) is 7.53. The van der Waals surface area contributed by atoms with Crippen LogP contribution in [-0.4, -0.2) is 18.4 Å². The smallest absolute Gasteiger partial charge is 0.313 e. The molecule has 0 bridgehead atoms. The number of hydrogen-bond donors (Lipinski definition) is 2. The average molecular weight is 262 g/mol. The van der Waals surface area contributed by atoms with Crippen molar-refractivity contribution >= 4 is 17.5 Å². The Morgan fingerprint density at radius 3 is 2.26 bits per heavy atom. The van der Waals surface area contributed by atoms with Crippen molar-refractivity contribution in [3.05, 3.63) is 29.8 Å². The van der Waals surface area contributed by atoms with Crippen LogP contribution in [0.3, 0.4) is 0 Å². The highest BCUT2D eigenvalue weighted by atomic mass is 16.2. The number of anilines is 1. The van der Waals surface area contributed by atoms with Crippen molar-refractivity contribution in [2.24, 2.45) is 0 Å². The van der Waals surface area contributed by atoms with Gasteiger partial charge in [0, 0.05) is 12.2 Å². The van der Waals surface area contributed by atoms with E-state index in [1.807, 2.05) is 31.2 Å². The van der Waals surface area contributed by atoms with Gasteiger partial charge in [-0.1, -0.05) is 39.3 Å². The molecular weight excluding hydrogens is 240 g/mol. The molecule has 19 heavy (non-hydrogen) atoms. The van der Waals surface area contributed by atoms with E-state index < -0.39 is 11.8 Å². The first-order chi connectivity index (χ1) is 9.04. The molecule has 0 aliphatic heterocycles. The van der Waals surface area contributed by atoms with E-state index in [1.165, 1.54) is 5.56 Å². The maximum atomic E-state index is 11.6. The molecule has 0 atom stereocenters. The lowest BCUT2D eigenvalue weighted by molar-refractivity contribution is -0.136. The van der Waals surface area contributed by atoms with Crippen LogP contribution in [0.5, 0.6) is 0 Å². The molecule has 4 heteroatoms. The van der Waals surface area contributed by atoms with E-state index in [1.54, 1.807) is 0 Å². The molecule has 0 aromatic heterocycles. The van der Waals surface area contributed by atoms with Gasteiger partial charge in [-0.05, 0) is 30.0 Å². The van der Waals surface area contributed by atoms with Crippen LogP contribution in [0.1, 0.15) is 45.1 Å². The Morgan fingerprint density at radius 2 is 1.74 bits per heavy atom. The molecule has 1 rings (SSSR count). The summed E-state index contributed by atoms with van der Waals surface area (Å²) in [6.45, 7) is 6.78. The summed E-state index contributed by atoms with van der Waals surface area (Å²) in [6.07, 6.45) is 1.86. The standard InChI is InChI=1S/C15H22N2O2/c1-4-5-10-16-14(18)15(19)17-13-8-6-12(7-9-13)11(2)3/h6-9,11H,4-5,10H2,1-3H3,(H,16,18)(H,17,19). The molecule has 0 spiro atoms. The molecule has 0 radical (unpaired) electrons. The molecule has 0 saturated carbocycles. The third-order valence-corrected chi connectivity index (χ3v) is 2.86. The van der Waals surface area contributed by atoms with E-state index in [-0.39, 0.29) is 0 Å². The molecule has 0 aliphatic rings. The molecular formula is C15H22N2O2. The minimum absolute atomic E-state index is 0.446. The van der Waals surface area contributed by atoms with Gasteiger partial charge in [-0.2, -0.15) is 0 Å². The predicted molar refractivity (Wildman–Crippen MR) is 77.1 cm³/mol. The van der Waals surface area contributed by atoms with Gasteiger partial charge in [0.15, 0.2) is 0 Å². The first kappa shape index (κ1) is 15.2. The second-order valence-electron chi connectivity index (χ2n) is 4.84. The minimum atomic E-state index is -0.617. The van der Waals surface area contributed by atoms with Crippen LogP contribution in [0, 0.1) is 0 Å². The molecule has 0 unspecified atom stereocenters. The third-order valence-electron chi connectivity index (χ3n) is 2.86. The molecule has 0 heterocycles. The van der Waals surface area contributed by atoms with Gasteiger partial charge < -0.3 is 10.6 Å². The van der Waals surface area contributed by atoms with Crippen molar-refractivity contribution in [1.29, 1.82) is 0 Å². The second kappa shape index (κ2) is 7.56. The Kier molecular flexibility index (Phi) is 6.06. The van der Waals surface area contributed by atoms with Gasteiger partial charge in [0.25, 0.3) is 0 Å². The number of carbonyl (C=O) groups excluding carboxylic acids is 2. The van der Waals surface area contributed by atoms with E-state index in [2.05, 4.69) is 24.5 Å². The third kappa shape index (κ3) is 5.12. The highest BCUT2D eigenvalue weighted by molar-refractivity contribution is 6.39. The molecule has 1 aromatic rings. The molecule has 104 valence electrons. The number of unbranched alkanes of at least 4 members (excludes halogenated alkanes) is 1. The van der Waals surface area contributed by atoms with Gasteiger partial charge >= 0.3 is 11.8 Å². The predicted octanol–water partition coefficient (Wildman–Crippen LogP) is 2.66. The molecule has 1 aromatic carbocycles. The average Bonchev–Trinajstić information content (AvgIpc) is 2.39. The topological polar surface area (TPSA) is 58.2 Å². The van der Waals surface area contributed by atoms with E-state index in [0.29, 0.717) is 18.2 Å². The largest absolute Gasteiger partial charge is 0.348 e. The fraction of sp³-hybridized carbons (Fsp3) is 0.467. The molecule has 2 N–H and O–H groups in total. The van der Waals surface area contributed by atoms with Crippen molar-refractivity contribution in [2.75, 3.05) is 11.9 Å². The Hall–Kier alpha value is -1.84. The van der Waals surface area contributed by atoms with Crippen molar-refractivity contribution in [2.45, 2.75) is 39.5 Å². The molecule has 2 amide bonds. The zero-order valence-corrected chi connectivity index (χ0v) is 11.8. The Labute approximate surface area is 114 Å². The summed E-state index contributed by atoms with van der Waals surface area (Å²) in [4.78, 5) is 23.1. The van der Waals surface area contributed by atoms with Gasteiger partial charge in [0.2, 0.25) is 0 Å². The number of nitrogens with one attached hydrogen (secondary N) is 2. The fourth-order valence-electron chi connectivity index (χ4n) is 1.60. The zero-order valence-electron chi connectivity index (χ0n) is 11.8. The first-order valence-electron chi connectivity index (χ1n) is 6.73.